The fraction of sp³-hybridized carbons (Fsp3) is 1.00. The fourth-order valence-corrected chi connectivity index (χ4v) is 4.56. The minimum Gasteiger partial charge on any atom is -0.0853 e. The van der Waals surface area contributed by atoms with E-state index >= 15 is 0 Å². The Bertz CT molecular complexity index is 218. The topological polar surface area (TPSA) is 0 Å². The molecule has 1 heteroatoms. The molecular formula is C20H39Br. The zero-order valence-corrected chi connectivity index (χ0v) is 16.2. The van der Waals surface area contributed by atoms with E-state index in [0.29, 0.717) is 4.32 Å². The molecule has 0 heterocycles. The Morgan fingerprint density at radius 3 is 1.52 bits per heavy atom. The third-order valence-electron chi connectivity index (χ3n) is 5.23. The summed E-state index contributed by atoms with van der Waals surface area (Å²) in [4.78, 5) is 0. The second-order valence-electron chi connectivity index (χ2n) is 7.35. The van der Waals surface area contributed by atoms with Gasteiger partial charge in [0.25, 0.3) is 0 Å². The van der Waals surface area contributed by atoms with Gasteiger partial charge in [0.2, 0.25) is 0 Å². The predicted octanol–water partition coefficient (Wildman–Crippen LogP) is 8.18. The normalized spacial score (nSPS) is 18.0. The van der Waals surface area contributed by atoms with Gasteiger partial charge >= 0.3 is 0 Å². The molecule has 0 N–H and O–H groups in total. The van der Waals surface area contributed by atoms with E-state index in [9.17, 15) is 0 Å². The van der Waals surface area contributed by atoms with Gasteiger partial charge < -0.3 is 0 Å². The van der Waals surface area contributed by atoms with Crippen LogP contribution in [0.2, 0.25) is 0 Å². The molecule has 0 saturated heterocycles. The van der Waals surface area contributed by atoms with Gasteiger partial charge in [-0.25, -0.2) is 0 Å². The van der Waals surface area contributed by atoms with E-state index in [4.69, 9.17) is 0 Å². The molecule has 21 heavy (non-hydrogen) atoms. The van der Waals surface area contributed by atoms with Gasteiger partial charge in [0.15, 0.2) is 0 Å². The quantitative estimate of drug-likeness (QED) is 0.230. The molecule has 126 valence electrons. The van der Waals surface area contributed by atoms with Gasteiger partial charge in [0.05, 0.1) is 0 Å². The van der Waals surface area contributed by atoms with Crippen LogP contribution < -0.4 is 0 Å². The van der Waals surface area contributed by atoms with Gasteiger partial charge in [-0.2, -0.15) is 0 Å². The van der Waals surface area contributed by atoms with Gasteiger partial charge in [-0.15, -0.1) is 0 Å². The van der Waals surface area contributed by atoms with Gasteiger partial charge in [-0.3, -0.25) is 0 Å². The van der Waals surface area contributed by atoms with Gasteiger partial charge in [0.1, 0.15) is 0 Å². The van der Waals surface area contributed by atoms with Crippen molar-refractivity contribution in [2.75, 3.05) is 0 Å². The first-order valence-electron chi connectivity index (χ1n) is 9.96. The summed E-state index contributed by atoms with van der Waals surface area (Å²) in [5, 5.41) is 0. The molecule has 1 rings (SSSR count). The maximum Gasteiger partial charge on any atom is 0.0258 e. The zero-order chi connectivity index (χ0) is 15.2. The Morgan fingerprint density at radius 1 is 0.619 bits per heavy atom. The van der Waals surface area contributed by atoms with E-state index in [2.05, 4.69) is 22.9 Å². The third kappa shape index (κ3) is 10.8. The van der Waals surface area contributed by atoms with E-state index in [1.165, 1.54) is 116 Å². The number of alkyl halides is 1. The summed E-state index contributed by atoms with van der Waals surface area (Å²) in [6.45, 7) is 2.30. The summed E-state index contributed by atoms with van der Waals surface area (Å²) in [5.41, 5.74) is 0. The molecular weight excluding hydrogens is 320 g/mol. The number of hydrogen-bond acceptors (Lipinski definition) is 0. The lowest BCUT2D eigenvalue weighted by atomic mass is 9.85. The van der Waals surface area contributed by atoms with E-state index < -0.39 is 0 Å². The lowest BCUT2D eigenvalue weighted by molar-refractivity contribution is 0.373. The molecule has 1 aliphatic carbocycles. The standard InChI is InChI=1S/C20H39Br/c1-2-3-4-5-6-7-8-9-10-11-12-14-17-20(21)18-15-13-16-19-20/h2-19H2,1H3. The fourth-order valence-electron chi connectivity index (χ4n) is 3.72. The van der Waals surface area contributed by atoms with E-state index in [1.807, 2.05) is 0 Å². The van der Waals surface area contributed by atoms with Gasteiger partial charge in [-0.05, 0) is 19.3 Å². The second-order valence-corrected chi connectivity index (χ2v) is 9.03. The van der Waals surface area contributed by atoms with Crippen LogP contribution in [0, 0.1) is 0 Å². The lowest BCUT2D eigenvalue weighted by Gasteiger charge is -2.31. The molecule has 0 amide bonds. The van der Waals surface area contributed by atoms with Crippen molar-refractivity contribution < 1.29 is 0 Å². The molecule has 1 fully saturated rings. The van der Waals surface area contributed by atoms with Crippen molar-refractivity contribution in [2.45, 2.75) is 127 Å². The number of rotatable bonds is 13. The molecule has 1 aliphatic rings. The highest BCUT2D eigenvalue weighted by atomic mass is 79.9. The van der Waals surface area contributed by atoms with Crippen molar-refractivity contribution in [3.63, 3.8) is 0 Å². The maximum atomic E-state index is 4.03. The average molecular weight is 359 g/mol. The van der Waals surface area contributed by atoms with Crippen LogP contribution >= 0.6 is 15.9 Å². The highest BCUT2D eigenvalue weighted by molar-refractivity contribution is 9.10. The largest absolute Gasteiger partial charge is 0.0853 e. The van der Waals surface area contributed by atoms with Crippen molar-refractivity contribution in [1.29, 1.82) is 0 Å². The summed E-state index contributed by atoms with van der Waals surface area (Å²) in [7, 11) is 0. The molecule has 0 aliphatic heterocycles. The first-order chi connectivity index (χ1) is 10.3. The van der Waals surface area contributed by atoms with E-state index in [1.54, 1.807) is 0 Å². The Labute approximate surface area is 143 Å². The molecule has 0 spiro atoms. The molecule has 0 aromatic heterocycles. The Balaban J connectivity index is 1.78. The molecule has 1 saturated carbocycles. The highest BCUT2D eigenvalue weighted by Gasteiger charge is 2.27. The Hall–Kier alpha value is 0.480. The first kappa shape index (κ1) is 19.5. The Morgan fingerprint density at radius 2 is 1.05 bits per heavy atom. The molecule has 0 nitrogen and oxygen atoms in total. The smallest absolute Gasteiger partial charge is 0.0258 e. The van der Waals surface area contributed by atoms with Crippen molar-refractivity contribution in [3.8, 4) is 0 Å². The van der Waals surface area contributed by atoms with Crippen LogP contribution in [0.15, 0.2) is 0 Å². The highest BCUT2D eigenvalue weighted by Crippen LogP contribution is 2.39. The molecule has 0 atom stereocenters. The van der Waals surface area contributed by atoms with Crippen LogP contribution in [0.5, 0.6) is 0 Å². The van der Waals surface area contributed by atoms with Crippen molar-refractivity contribution >= 4 is 15.9 Å². The first-order valence-corrected chi connectivity index (χ1v) is 10.7. The van der Waals surface area contributed by atoms with E-state index in [0.717, 1.165) is 0 Å². The number of unbranched alkanes of at least 4 members (excludes halogenated alkanes) is 11. The van der Waals surface area contributed by atoms with Crippen LogP contribution in [0.3, 0.4) is 0 Å². The molecule has 0 bridgehead atoms. The van der Waals surface area contributed by atoms with Crippen LogP contribution in [-0.2, 0) is 0 Å². The summed E-state index contributed by atoms with van der Waals surface area (Å²) in [5.74, 6) is 0. The predicted molar refractivity (Wildman–Crippen MR) is 100 cm³/mol. The van der Waals surface area contributed by atoms with Crippen molar-refractivity contribution in [2.24, 2.45) is 0 Å². The third-order valence-corrected chi connectivity index (χ3v) is 6.42. The lowest BCUT2D eigenvalue weighted by Crippen LogP contribution is -2.23. The van der Waals surface area contributed by atoms with Gasteiger partial charge in [-0.1, -0.05) is 119 Å². The minimum absolute atomic E-state index is 0.531. The van der Waals surface area contributed by atoms with Crippen molar-refractivity contribution in [1.82, 2.24) is 0 Å². The van der Waals surface area contributed by atoms with Crippen LogP contribution in [0.4, 0.5) is 0 Å². The van der Waals surface area contributed by atoms with E-state index in [-0.39, 0.29) is 0 Å². The van der Waals surface area contributed by atoms with Crippen LogP contribution in [-0.4, -0.2) is 4.32 Å². The van der Waals surface area contributed by atoms with Gasteiger partial charge in [0, 0.05) is 4.32 Å². The van der Waals surface area contributed by atoms with Crippen molar-refractivity contribution in [3.05, 3.63) is 0 Å². The number of hydrogen-bond donors (Lipinski definition) is 0. The molecule has 0 aromatic rings. The molecule has 0 aromatic carbocycles. The minimum atomic E-state index is 0.531. The maximum absolute atomic E-state index is 4.03. The summed E-state index contributed by atoms with van der Waals surface area (Å²) < 4.78 is 0.531. The average Bonchev–Trinajstić information content (AvgIpc) is 2.49. The van der Waals surface area contributed by atoms with Crippen LogP contribution in [0.25, 0.3) is 0 Å². The zero-order valence-electron chi connectivity index (χ0n) is 14.6. The SMILES string of the molecule is CCCCCCCCCCCCCCC1(Br)CCCCC1. The second kappa shape index (κ2) is 13.0. The molecule has 0 radical (unpaired) electrons. The number of halogens is 1. The van der Waals surface area contributed by atoms with Crippen LogP contribution in [0.1, 0.15) is 122 Å². The summed E-state index contributed by atoms with van der Waals surface area (Å²) >= 11 is 4.03. The monoisotopic (exact) mass is 358 g/mol. The summed E-state index contributed by atoms with van der Waals surface area (Å²) in [6.07, 6.45) is 26.1. The summed E-state index contributed by atoms with van der Waals surface area (Å²) in [6, 6.07) is 0. The Kier molecular flexibility index (Phi) is 12.1. The molecule has 0 unspecified atom stereocenters.